The van der Waals surface area contributed by atoms with Crippen LogP contribution in [0.5, 0.6) is 0 Å². The van der Waals surface area contributed by atoms with Crippen LogP contribution in [-0.2, 0) is 0 Å². The minimum Gasteiger partial charge on any atom is -0.384 e. The van der Waals surface area contributed by atoms with Crippen molar-refractivity contribution in [1.82, 2.24) is 4.98 Å². The fourth-order valence-electron chi connectivity index (χ4n) is 1.37. The van der Waals surface area contributed by atoms with Crippen LogP contribution >= 0.6 is 0 Å². The second-order valence-electron chi connectivity index (χ2n) is 3.78. The smallest absolute Gasteiger partial charge is 0.124 e. The van der Waals surface area contributed by atoms with Crippen LogP contribution in [0.2, 0.25) is 0 Å². The molecule has 1 aromatic rings. The molecule has 3 nitrogen and oxygen atoms in total. The van der Waals surface area contributed by atoms with Crippen molar-refractivity contribution in [3.05, 3.63) is 35.7 Å². The minimum atomic E-state index is 0.530. The third-order valence-corrected chi connectivity index (χ3v) is 2.21. The van der Waals surface area contributed by atoms with Gasteiger partial charge in [-0.25, -0.2) is 4.98 Å². The first-order chi connectivity index (χ1) is 7.63. The molecule has 0 amide bonds. The molecule has 0 saturated carbocycles. The van der Waals surface area contributed by atoms with Gasteiger partial charge >= 0.3 is 0 Å². The van der Waals surface area contributed by atoms with Crippen molar-refractivity contribution in [2.45, 2.75) is 33.6 Å². The highest BCUT2D eigenvalue weighted by Crippen LogP contribution is 2.06. The number of anilines is 1. The molecular formula is C13H19N3. The lowest BCUT2D eigenvalue weighted by molar-refractivity contribution is 0.945. The van der Waals surface area contributed by atoms with Gasteiger partial charge in [0.2, 0.25) is 0 Å². The van der Waals surface area contributed by atoms with Gasteiger partial charge in [-0.1, -0.05) is 25.5 Å². The quantitative estimate of drug-likeness (QED) is 0.787. The van der Waals surface area contributed by atoms with E-state index in [1.807, 2.05) is 26.0 Å². The van der Waals surface area contributed by atoms with Crippen LogP contribution in [0.25, 0.3) is 0 Å². The monoisotopic (exact) mass is 217 g/mol. The van der Waals surface area contributed by atoms with Crippen molar-refractivity contribution in [2.24, 2.45) is 4.99 Å². The van der Waals surface area contributed by atoms with E-state index < -0.39 is 0 Å². The summed E-state index contributed by atoms with van der Waals surface area (Å²) in [7, 11) is 0. The van der Waals surface area contributed by atoms with Crippen molar-refractivity contribution in [3.8, 4) is 0 Å². The Morgan fingerprint density at radius 1 is 1.44 bits per heavy atom. The topological polar surface area (TPSA) is 51.3 Å². The van der Waals surface area contributed by atoms with E-state index in [4.69, 9.17) is 5.73 Å². The van der Waals surface area contributed by atoms with Crippen LogP contribution in [0.1, 0.15) is 39.3 Å². The zero-order valence-electron chi connectivity index (χ0n) is 10.2. The van der Waals surface area contributed by atoms with Crippen LogP contribution in [0.15, 0.2) is 35.0 Å². The van der Waals surface area contributed by atoms with Crippen LogP contribution < -0.4 is 5.73 Å². The second-order valence-corrected chi connectivity index (χ2v) is 3.78. The summed E-state index contributed by atoms with van der Waals surface area (Å²) in [6.45, 7) is 6.11. The summed E-state index contributed by atoms with van der Waals surface area (Å²) >= 11 is 0. The van der Waals surface area contributed by atoms with E-state index in [-0.39, 0.29) is 0 Å². The van der Waals surface area contributed by atoms with E-state index in [0.717, 1.165) is 29.9 Å². The number of pyridine rings is 1. The lowest BCUT2D eigenvalue weighted by Crippen LogP contribution is -2.01. The molecule has 0 spiro atoms. The van der Waals surface area contributed by atoms with Gasteiger partial charge in [-0.2, -0.15) is 0 Å². The molecule has 86 valence electrons. The molecule has 0 aliphatic carbocycles. The maximum Gasteiger partial charge on any atom is 0.124 e. The zero-order chi connectivity index (χ0) is 12.0. The number of aromatic nitrogens is 1. The molecule has 16 heavy (non-hydrogen) atoms. The number of allylic oxidation sites excluding steroid dienone is 2. The van der Waals surface area contributed by atoms with Gasteiger partial charge in [-0.3, -0.25) is 4.99 Å². The van der Waals surface area contributed by atoms with Crippen molar-refractivity contribution in [1.29, 1.82) is 0 Å². The summed E-state index contributed by atoms with van der Waals surface area (Å²) in [5.41, 5.74) is 8.40. The van der Waals surface area contributed by atoms with Crippen LogP contribution in [0.3, 0.4) is 0 Å². The Morgan fingerprint density at radius 3 is 2.81 bits per heavy atom. The third-order valence-electron chi connectivity index (χ3n) is 2.21. The summed E-state index contributed by atoms with van der Waals surface area (Å²) in [5, 5.41) is 0. The van der Waals surface area contributed by atoms with Gasteiger partial charge in [-0.05, 0) is 32.4 Å². The normalized spacial score (nSPS) is 12.9. The molecule has 1 rings (SSSR count). The first kappa shape index (κ1) is 12.4. The fraction of sp³-hybridized carbons (Fsp3) is 0.385. The Labute approximate surface area is 97.1 Å². The molecule has 2 N–H and O–H groups in total. The standard InChI is InChI=1S/C13H19N3/c1-4-5-7-10(2)15-11(3)12-8-6-9-13(14)16-12/h6-9H,4-5H2,1-3H3,(H2,14,16)/b10-7-,15-11+. The van der Waals surface area contributed by atoms with Gasteiger partial charge in [0.15, 0.2) is 0 Å². The summed E-state index contributed by atoms with van der Waals surface area (Å²) < 4.78 is 0. The lowest BCUT2D eigenvalue weighted by atomic mass is 10.2. The second kappa shape index (κ2) is 6.05. The maximum absolute atomic E-state index is 5.63. The summed E-state index contributed by atoms with van der Waals surface area (Å²) in [5.74, 6) is 0.530. The molecule has 0 bridgehead atoms. The molecule has 3 heteroatoms. The number of aliphatic imine (C=N–C) groups is 1. The van der Waals surface area contributed by atoms with Crippen LogP contribution in [0, 0.1) is 0 Å². The third kappa shape index (κ3) is 3.85. The SMILES string of the molecule is CCC/C=C(C)\N=C(/C)c1cccc(N)n1. The predicted molar refractivity (Wildman–Crippen MR) is 69.5 cm³/mol. The van der Waals surface area contributed by atoms with E-state index in [2.05, 4.69) is 23.0 Å². The van der Waals surface area contributed by atoms with E-state index in [9.17, 15) is 0 Å². The summed E-state index contributed by atoms with van der Waals surface area (Å²) in [6.07, 6.45) is 4.34. The Bertz CT molecular complexity index is 405. The number of unbranched alkanes of at least 4 members (excludes halogenated alkanes) is 1. The van der Waals surface area contributed by atoms with Gasteiger partial charge in [0, 0.05) is 5.70 Å². The lowest BCUT2D eigenvalue weighted by Gasteiger charge is -2.01. The number of nitrogen functional groups attached to an aromatic ring is 1. The Hall–Kier alpha value is -1.64. The summed E-state index contributed by atoms with van der Waals surface area (Å²) in [4.78, 5) is 8.71. The van der Waals surface area contributed by atoms with Gasteiger partial charge < -0.3 is 5.73 Å². The average molecular weight is 217 g/mol. The van der Waals surface area contributed by atoms with E-state index in [0.29, 0.717) is 5.82 Å². The fourth-order valence-corrected chi connectivity index (χ4v) is 1.37. The molecule has 1 heterocycles. The number of rotatable bonds is 4. The average Bonchev–Trinajstić information content (AvgIpc) is 2.26. The highest BCUT2D eigenvalue weighted by Gasteiger charge is 1.99. The number of nitrogens with two attached hydrogens (primary N) is 1. The molecule has 0 aliphatic heterocycles. The first-order valence-corrected chi connectivity index (χ1v) is 5.58. The zero-order valence-corrected chi connectivity index (χ0v) is 10.2. The number of nitrogens with zero attached hydrogens (tertiary/aromatic N) is 2. The molecule has 0 fully saturated rings. The Balaban J connectivity index is 2.85. The highest BCUT2D eigenvalue weighted by atomic mass is 14.9. The summed E-state index contributed by atoms with van der Waals surface area (Å²) in [6, 6.07) is 5.58. The molecular weight excluding hydrogens is 198 g/mol. The van der Waals surface area contributed by atoms with Gasteiger partial charge in [0.1, 0.15) is 5.82 Å². The van der Waals surface area contributed by atoms with Crippen molar-refractivity contribution in [2.75, 3.05) is 5.73 Å². The Morgan fingerprint density at radius 2 is 2.19 bits per heavy atom. The molecule has 0 saturated heterocycles. The highest BCUT2D eigenvalue weighted by molar-refractivity contribution is 5.97. The van der Waals surface area contributed by atoms with Crippen LogP contribution in [0.4, 0.5) is 5.82 Å². The molecule has 0 radical (unpaired) electrons. The van der Waals surface area contributed by atoms with Gasteiger partial charge in [0.05, 0.1) is 11.4 Å². The predicted octanol–water partition coefficient (Wildman–Crippen LogP) is 3.18. The molecule has 0 atom stereocenters. The van der Waals surface area contributed by atoms with E-state index in [1.165, 1.54) is 0 Å². The van der Waals surface area contributed by atoms with E-state index in [1.54, 1.807) is 6.07 Å². The van der Waals surface area contributed by atoms with Crippen molar-refractivity contribution in [3.63, 3.8) is 0 Å². The number of hydrogen-bond acceptors (Lipinski definition) is 3. The molecule has 0 aromatic carbocycles. The van der Waals surface area contributed by atoms with Gasteiger partial charge in [0.25, 0.3) is 0 Å². The Kier molecular flexibility index (Phi) is 4.70. The molecule has 0 unspecified atom stereocenters. The van der Waals surface area contributed by atoms with Crippen LogP contribution in [-0.4, -0.2) is 10.7 Å². The first-order valence-electron chi connectivity index (χ1n) is 5.58. The largest absolute Gasteiger partial charge is 0.384 e. The van der Waals surface area contributed by atoms with Crippen molar-refractivity contribution >= 4 is 11.5 Å². The van der Waals surface area contributed by atoms with Crippen molar-refractivity contribution < 1.29 is 0 Å². The molecule has 0 aliphatic rings. The van der Waals surface area contributed by atoms with Gasteiger partial charge in [-0.15, -0.1) is 0 Å². The number of hydrogen-bond donors (Lipinski definition) is 1. The minimum absolute atomic E-state index is 0.530. The molecule has 1 aromatic heterocycles. The van der Waals surface area contributed by atoms with E-state index >= 15 is 0 Å². The maximum atomic E-state index is 5.63.